The average Bonchev–Trinajstić information content (AvgIpc) is 2.89. The van der Waals surface area contributed by atoms with E-state index in [1.54, 1.807) is 0 Å². The Labute approximate surface area is 131 Å². The highest BCUT2D eigenvalue weighted by molar-refractivity contribution is 5.35. The van der Waals surface area contributed by atoms with Gasteiger partial charge in [-0.1, -0.05) is 13.8 Å². The van der Waals surface area contributed by atoms with E-state index in [1.807, 2.05) is 0 Å². The fourth-order valence-electron chi connectivity index (χ4n) is 3.36. The Bertz CT molecular complexity index is 504. The first kappa shape index (κ1) is 17.2. The van der Waals surface area contributed by atoms with Crippen LogP contribution in [0.3, 0.4) is 0 Å². The molecule has 1 aliphatic rings. The molecule has 124 valence electrons. The predicted octanol–water partition coefficient (Wildman–Crippen LogP) is 2.99. The van der Waals surface area contributed by atoms with Crippen LogP contribution in [0.4, 0.5) is 8.78 Å². The van der Waals surface area contributed by atoms with Crippen molar-refractivity contribution in [3.05, 3.63) is 29.3 Å². The summed E-state index contributed by atoms with van der Waals surface area (Å²) in [6, 6.07) is 3.04. The maximum absolute atomic E-state index is 14.1. The summed E-state index contributed by atoms with van der Waals surface area (Å²) in [5, 5.41) is 0. The molecule has 3 nitrogen and oxygen atoms in total. The van der Waals surface area contributed by atoms with Gasteiger partial charge in [0.2, 0.25) is 0 Å². The van der Waals surface area contributed by atoms with Crippen LogP contribution in [0.1, 0.15) is 19.4 Å². The number of likely N-dealkylation sites (tertiary alicyclic amines) is 1. The van der Waals surface area contributed by atoms with E-state index in [0.717, 1.165) is 19.2 Å². The minimum absolute atomic E-state index is 0.310. The van der Waals surface area contributed by atoms with E-state index in [4.69, 9.17) is 4.74 Å². The van der Waals surface area contributed by atoms with Crippen molar-refractivity contribution in [3.8, 4) is 5.75 Å². The lowest BCUT2D eigenvalue weighted by Gasteiger charge is -2.27. The van der Waals surface area contributed by atoms with E-state index >= 15 is 0 Å². The molecule has 0 bridgehead atoms. The van der Waals surface area contributed by atoms with Gasteiger partial charge in [0.05, 0.1) is 7.11 Å². The molecule has 1 aromatic carbocycles. The maximum Gasteiger partial charge on any atom is 0.167 e. The molecule has 0 radical (unpaired) electrons. The molecule has 1 aromatic rings. The second-order valence-corrected chi connectivity index (χ2v) is 6.68. The van der Waals surface area contributed by atoms with Crippen LogP contribution >= 0.6 is 0 Å². The normalized spacial score (nSPS) is 22.8. The van der Waals surface area contributed by atoms with Gasteiger partial charge in [-0.25, -0.2) is 8.78 Å². The predicted molar refractivity (Wildman–Crippen MR) is 84.0 cm³/mol. The summed E-state index contributed by atoms with van der Waals surface area (Å²) in [5.41, 5.74) is 0.310. The highest BCUT2D eigenvalue weighted by atomic mass is 19.2. The third-order valence-corrected chi connectivity index (χ3v) is 4.68. The van der Waals surface area contributed by atoms with Gasteiger partial charge in [-0.15, -0.1) is 0 Å². The number of methoxy groups -OCH3 is 1. The van der Waals surface area contributed by atoms with Crippen LogP contribution in [0.25, 0.3) is 0 Å². The molecule has 2 atom stereocenters. The summed E-state index contributed by atoms with van der Waals surface area (Å²) in [4.78, 5) is 4.42. The van der Waals surface area contributed by atoms with E-state index in [-0.39, 0.29) is 0 Å². The Kier molecular flexibility index (Phi) is 5.40. The van der Waals surface area contributed by atoms with Gasteiger partial charge in [-0.2, -0.15) is 0 Å². The molecule has 2 unspecified atom stereocenters. The van der Waals surface area contributed by atoms with E-state index in [2.05, 4.69) is 37.7 Å². The highest BCUT2D eigenvalue weighted by Crippen LogP contribution is 2.31. The largest absolute Gasteiger partial charge is 0.496 e. The molecule has 1 aliphatic heterocycles. The van der Waals surface area contributed by atoms with Gasteiger partial charge in [-0.05, 0) is 38.1 Å². The minimum Gasteiger partial charge on any atom is -0.496 e. The first-order chi connectivity index (χ1) is 10.3. The van der Waals surface area contributed by atoms with Crippen LogP contribution < -0.4 is 4.74 Å². The van der Waals surface area contributed by atoms with Crippen molar-refractivity contribution in [1.82, 2.24) is 9.80 Å². The second-order valence-electron chi connectivity index (χ2n) is 6.68. The number of hydrogen-bond donors (Lipinski definition) is 0. The SMILES string of the molecule is COc1ccc(F)c(F)c1CN1CC(C(C)C)C(N(C)C)C1. The molecule has 2 rings (SSSR count). The Morgan fingerprint density at radius 2 is 1.95 bits per heavy atom. The van der Waals surface area contributed by atoms with Gasteiger partial charge in [0.25, 0.3) is 0 Å². The second kappa shape index (κ2) is 6.92. The first-order valence-corrected chi connectivity index (χ1v) is 7.74. The van der Waals surface area contributed by atoms with E-state index in [1.165, 1.54) is 13.2 Å². The highest BCUT2D eigenvalue weighted by Gasteiger charge is 2.36. The Morgan fingerprint density at radius 1 is 1.27 bits per heavy atom. The molecule has 0 N–H and O–H groups in total. The van der Waals surface area contributed by atoms with Crippen LogP contribution in [-0.4, -0.2) is 50.1 Å². The average molecular weight is 312 g/mol. The molecule has 0 saturated carbocycles. The Balaban J connectivity index is 2.20. The zero-order valence-corrected chi connectivity index (χ0v) is 14.1. The lowest BCUT2D eigenvalue weighted by Crippen LogP contribution is -2.37. The molecule has 0 spiro atoms. The molecular formula is C17H26F2N2O. The van der Waals surface area contributed by atoms with Crippen LogP contribution in [0.15, 0.2) is 12.1 Å². The zero-order chi connectivity index (χ0) is 16.4. The van der Waals surface area contributed by atoms with E-state index in [0.29, 0.717) is 35.7 Å². The molecule has 1 heterocycles. The summed E-state index contributed by atoms with van der Waals surface area (Å²) >= 11 is 0. The Morgan fingerprint density at radius 3 is 2.45 bits per heavy atom. The zero-order valence-electron chi connectivity index (χ0n) is 14.1. The smallest absolute Gasteiger partial charge is 0.167 e. The number of rotatable bonds is 5. The first-order valence-electron chi connectivity index (χ1n) is 7.74. The third kappa shape index (κ3) is 3.41. The van der Waals surface area contributed by atoms with Gasteiger partial charge < -0.3 is 9.64 Å². The topological polar surface area (TPSA) is 15.7 Å². The molecule has 1 saturated heterocycles. The fraction of sp³-hybridized carbons (Fsp3) is 0.647. The van der Waals surface area contributed by atoms with Gasteiger partial charge >= 0.3 is 0 Å². The summed E-state index contributed by atoms with van der Waals surface area (Å²) in [6.07, 6.45) is 0. The molecule has 0 amide bonds. The van der Waals surface area contributed by atoms with Crippen molar-refractivity contribution >= 4 is 0 Å². The maximum atomic E-state index is 14.1. The van der Waals surface area contributed by atoms with Crippen molar-refractivity contribution < 1.29 is 13.5 Å². The van der Waals surface area contributed by atoms with Gasteiger partial charge in [0.1, 0.15) is 5.75 Å². The standard InChI is InChI=1S/C17H26F2N2O/c1-11(2)12-8-21(10-15(12)20(3)4)9-13-16(22-5)7-6-14(18)17(13)19/h6-7,11-12,15H,8-10H2,1-5H3. The number of halogens is 2. The molecule has 1 fully saturated rings. The number of likely N-dealkylation sites (N-methyl/N-ethyl adjacent to an activating group) is 1. The lowest BCUT2D eigenvalue weighted by molar-refractivity contribution is 0.215. The number of nitrogens with zero attached hydrogens (tertiary/aromatic N) is 2. The third-order valence-electron chi connectivity index (χ3n) is 4.68. The molecule has 0 aliphatic carbocycles. The summed E-state index contributed by atoms with van der Waals surface area (Å²) in [6.45, 7) is 6.55. The molecule has 5 heteroatoms. The summed E-state index contributed by atoms with van der Waals surface area (Å²) in [7, 11) is 5.64. The van der Waals surface area contributed by atoms with E-state index < -0.39 is 11.6 Å². The molecule has 0 aromatic heterocycles. The summed E-state index contributed by atoms with van der Waals surface area (Å²) < 4.78 is 32.8. The molecule has 22 heavy (non-hydrogen) atoms. The van der Waals surface area contributed by atoms with Crippen molar-refractivity contribution in [2.75, 3.05) is 34.3 Å². The summed E-state index contributed by atoms with van der Waals surface area (Å²) in [5.74, 6) is -0.129. The fourth-order valence-corrected chi connectivity index (χ4v) is 3.36. The van der Waals surface area contributed by atoms with Gasteiger partial charge in [0, 0.05) is 31.2 Å². The number of ether oxygens (including phenoxy) is 1. The monoisotopic (exact) mass is 312 g/mol. The van der Waals surface area contributed by atoms with Crippen molar-refractivity contribution in [2.45, 2.75) is 26.4 Å². The van der Waals surface area contributed by atoms with Crippen molar-refractivity contribution in [3.63, 3.8) is 0 Å². The number of benzene rings is 1. The van der Waals surface area contributed by atoms with Crippen LogP contribution in [0, 0.1) is 23.5 Å². The van der Waals surface area contributed by atoms with Gasteiger partial charge in [0.15, 0.2) is 11.6 Å². The number of hydrogen-bond acceptors (Lipinski definition) is 3. The lowest BCUT2D eigenvalue weighted by atomic mass is 9.91. The molecular weight excluding hydrogens is 286 g/mol. The van der Waals surface area contributed by atoms with Crippen molar-refractivity contribution in [1.29, 1.82) is 0 Å². The van der Waals surface area contributed by atoms with Crippen LogP contribution in [0.5, 0.6) is 5.75 Å². The van der Waals surface area contributed by atoms with Crippen LogP contribution in [0.2, 0.25) is 0 Å². The van der Waals surface area contributed by atoms with Crippen LogP contribution in [-0.2, 0) is 6.54 Å². The Hall–Kier alpha value is -1.20. The van der Waals surface area contributed by atoms with Crippen molar-refractivity contribution in [2.24, 2.45) is 11.8 Å². The van der Waals surface area contributed by atoms with E-state index in [9.17, 15) is 8.78 Å². The van der Waals surface area contributed by atoms with Gasteiger partial charge in [-0.3, -0.25) is 4.90 Å². The quantitative estimate of drug-likeness (QED) is 0.831. The minimum atomic E-state index is -0.820.